The SMILES string of the molecule is O=C1Nc2ccccc2N(C(=O)CN2CCCC(CN3CCCCC3)C2)c2ccccc21. The van der Waals surface area contributed by atoms with Gasteiger partial charge in [0.05, 0.1) is 29.2 Å². The molecule has 1 atom stereocenters. The van der Waals surface area contributed by atoms with E-state index in [0.717, 1.165) is 31.7 Å². The summed E-state index contributed by atoms with van der Waals surface area (Å²) in [6, 6.07) is 14.9. The normalized spacial score (nSPS) is 21.9. The van der Waals surface area contributed by atoms with Crippen LogP contribution >= 0.6 is 0 Å². The third-order valence-corrected chi connectivity index (χ3v) is 6.96. The largest absolute Gasteiger partial charge is 0.320 e. The van der Waals surface area contributed by atoms with Crippen molar-refractivity contribution in [2.45, 2.75) is 32.1 Å². The van der Waals surface area contributed by atoms with Gasteiger partial charge >= 0.3 is 0 Å². The molecule has 0 bridgehead atoms. The first-order valence-electron chi connectivity index (χ1n) is 12.0. The fourth-order valence-electron chi connectivity index (χ4n) is 5.44. The monoisotopic (exact) mass is 432 g/mol. The van der Waals surface area contributed by atoms with E-state index in [1.807, 2.05) is 42.5 Å². The molecule has 5 rings (SSSR count). The number of carbonyl (C=O) groups excluding carboxylic acids is 2. The number of likely N-dealkylation sites (tertiary alicyclic amines) is 2. The van der Waals surface area contributed by atoms with Gasteiger partial charge in [-0.1, -0.05) is 30.7 Å². The number of carbonyl (C=O) groups is 2. The second-order valence-electron chi connectivity index (χ2n) is 9.32. The predicted octanol–water partition coefficient (Wildman–Crippen LogP) is 4.11. The van der Waals surface area contributed by atoms with Gasteiger partial charge in [-0.2, -0.15) is 0 Å². The van der Waals surface area contributed by atoms with Crippen LogP contribution in [-0.2, 0) is 4.79 Å². The smallest absolute Gasteiger partial charge is 0.257 e. The molecule has 2 fully saturated rings. The van der Waals surface area contributed by atoms with Gasteiger partial charge in [0.15, 0.2) is 0 Å². The maximum Gasteiger partial charge on any atom is 0.257 e. The van der Waals surface area contributed by atoms with Crippen LogP contribution in [0.4, 0.5) is 17.1 Å². The van der Waals surface area contributed by atoms with Crippen LogP contribution in [0.5, 0.6) is 0 Å². The summed E-state index contributed by atoms with van der Waals surface area (Å²) in [6.45, 7) is 5.88. The molecule has 6 nitrogen and oxygen atoms in total. The Bertz CT molecular complexity index is 985. The number of nitrogens with zero attached hydrogens (tertiary/aromatic N) is 3. The Balaban J connectivity index is 1.35. The van der Waals surface area contributed by atoms with Crippen molar-refractivity contribution < 1.29 is 9.59 Å². The first-order chi connectivity index (χ1) is 15.7. The lowest BCUT2D eigenvalue weighted by atomic mass is 9.96. The molecule has 3 heterocycles. The third-order valence-electron chi connectivity index (χ3n) is 6.96. The zero-order valence-corrected chi connectivity index (χ0v) is 18.6. The molecule has 3 aliphatic rings. The van der Waals surface area contributed by atoms with Gasteiger partial charge in [0.2, 0.25) is 5.91 Å². The molecule has 2 amide bonds. The van der Waals surface area contributed by atoms with Crippen LogP contribution in [0.25, 0.3) is 0 Å². The van der Waals surface area contributed by atoms with E-state index in [0.29, 0.717) is 29.4 Å². The van der Waals surface area contributed by atoms with Crippen molar-refractivity contribution in [2.75, 3.05) is 49.5 Å². The number of benzene rings is 2. The average molecular weight is 433 g/mol. The second kappa shape index (κ2) is 9.43. The zero-order valence-electron chi connectivity index (χ0n) is 18.6. The van der Waals surface area contributed by atoms with Crippen LogP contribution in [-0.4, -0.2) is 60.9 Å². The molecule has 1 N–H and O–H groups in total. The highest BCUT2D eigenvalue weighted by Crippen LogP contribution is 2.37. The van der Waals surface area contributed by atoms with E-state index < -0.39 is 0 Å². The number of rotatable bonds is 4. The first kappa shape index (κ1) is 21.2. The van der Waals surface area contributed by atoms with Crippen molar-refractivity contribution in [2.24, 2.45) is 5.92 Å². The summed E-state index contributed by atoms with van der Waals surface area (Å²) in [4.78, 5) is 33.1. The Kier molecular flexibility index (Phi) is 6.23. The number of hydrogen-bond acceptors (Lipinski definition) is 4. The maximum absolute atomic E-state index is 13.7. The van der Waals surface area contributed by atoms with E-state index in [1.54, 1.807) is 11.0 Å². The number of nitrogens with one attached hydrogen (secondary N) is 1. The molecule has 2 aromatic rings. The molecule has 6 heteroatoms. The van der Waals surface area contributed by atoms with Gasteiger partial charge in [-0.3, -0.25) is 19.4 Å². The predicted molar refractivity (Wildman–Crippen MR) is 127 cm³/mol. The first-order valence-corrected chi connectivity index (χ1v) is 12.0. The Morgan fingerprint density at radius 2 is 1.59 bits per heavy atom. The molecule has 1 unspecified atom stereocenters. The minimum atomic E-state index is -0.178. The number of amides is 2. The molecule has 2 aromatic carbocycles. The third kappa shape index (κ3) is 4.43. The highest BCUT2D eigenvalue weighted by Gasteiger charge is 2.31. The number of para-hydroxylation sites is 3. The van der Waals surface area contributed by atoms with E-state index in [2.05, 4.69) is 15.1 Å². The Hall–Kier alpha value is -2.70. The van der Waals surface area contributed by atoms with Gasteiger partial charge in [-0.15, -0.1) is 0 Å². The van der Waals surface area contributed by atoms with Crippen molar-refractivity contribution in [1.29, 1.82) is 0 Å². The Labute approximate surface area is 190 Å². The van der Waals surface area contributed by atoms with E-state index in [-0.39, 0.29) is 11.8 Å². The van der Waals surface area contributed by atoms with Crippen molar-refractivity contribution >= 4 is 28.9 Å². The summed E-state index contributed by atoms with van der Waals surface area (Å²) in [6.07, 6.45) is 6.37. The van der Waals surface area contributed by atoms with Crippen molar-refractivity contribution in [1.82, 2.24) is 9.80 Å². The minimum Gasteiger partial charge on any atom is -0.320 e. The molecule has 0 spiro atoms. The lowest BCUT2D eigenvalue weighted by Gasteiger charge is -2.37. The van der Waals surface area contributed by atoms with Crippen LogP contribution < -0.4 is 10.2 Å². The average Bonchev–Trinajstić information content (AvgIpc) is 2.94. The lowest BCUT2D eigenvalue weighted by Crippen LogP contribution is -2.46. The molecule has 0 aromatic heterocycles. The molecular formula is C26H32N4O2. The molecule has 32 heavy (non-hydrogen) atoms. The van der Waals surface area contributed by atoms with Crippen LogP contribution in [0, 0.1) is 5.92 Å². The van der Waals surface area contributed by atoms with E-state index in [4.69, 9.17) is 0 Å². The molecule has 0 saturated carbocycles. The van der Waals surface area contributed by atoms with Gasteiger partial charge in [-0.05, 0) is 75.5 Å². The zero-order chi connectivity index (χ0) is 21.9. The number of anilines is 3. The highest BCUT2D eigenvalue weighted by molar-refractivity contribution is 6.17. The minimum absolute atomic E-state index is 0.0139. The maximum atomic E-state index is 13.7. The van der Waals surface area contributed by atoms with E-state index >= 15 is 0 Å². The molecule has 168 valence electrons. The van der Waals surface area contributed by atoms with Crippen molar-refractivity contribution in [3.05, 3.63) is 54.1 Å². The van der Waals surface area contributed by atoms with Gasteiger partial charge in [0, 0.05) is 13.1 Å². The van der Waals surface area contributed by atoms with E-state index in [1.165, 1.54) is 38.8 Å². The van der Waals surface area contributed by atoms with Crippen molar-refractivity contribution in [3.8, 4) is 0 Å². The van der Waals surface area contributed by atoms with Crippen LogP contribution in [0.15, 0.2) is 48.5 Å². The Morgan fingerprint density at radius 3 is 2.44 bits per heavy atom. The van der Waals surface area contributed by atoms with Crippen LogP contribution in [0.2, 0.25) is 0 Å². The van der Waals surface area contributed by atoms with Gasteiger partial charge in [0.25, 0.3) is 5.91 Å². The Morgan fingerprint density at radius 1 is 0.875 bits per heavy atom. The summed E-state index contributed by atoms with van der Waals surface area (Å²) in [5.41, 5.74) is 2.59. The number of piperidine rings is 2. The standard InChI is InChI=1S/C26H32N4O2/c31-25(19-29-16-8-9-20(18-29)17-28-14-6-1-7-15-28)30-23-12-4-2-10-21(23)26(32)27-22-11-3-5-13-24(22)30/h2-5,10-13,20H,1,6-9,14-19H2,(H,27,32). The topological polar surface area (TPSA) is 55.9 Å². The summed E-state index contributed by atoms with van der Waals surface area (Å²) >= 11 is 0. The lowest BCUT2D eigenvalue weighted by molar-refractivity contribution is -0.119. The molecular weight excluding hydrogens is 400 g/mol. The van der Waals surface area contributed by atoms with E-state index in [9.17, 15) is 9.59 Å². The summed E-state index contributed by atoms with van der Waals surface area (Å²) in [5.74, 6) is 0.463. The molecule has 0 radical (unpaired) electrons. The number of hydrogen-bond donors (Lipinski definition) is 1. The number of fused-ring (bicyclic) bond motifs is 2. The quantitative estimate of drug-likeness (QED) is 0.790. The molecule has 0 aliphatic carbocycles. The fourth-order valence-corrected chi connectivity index (χ4v) is 5.44. The molecule has 2 saturated heterocycles. The van der Waals surface area contributed by atoms with Gasteiger partial charge in [-0.25, -0.2) is 0 Å². The molecule has 3 aliphatic heterocycles. The summed E-state index contributed by atoms with van der Waals surface area (Å²) in [5, 5.41) is 2.97. The van der Waals surface area contributed by atoms with Crippen molar-refractivity contribution in [3.63, 3.8) is 0 Å². The van der Waals surface area contributed by atoms with Gasteiger partial charge in [0.1, 0.15) is 0 Å². The summed E-state index contributed by atoms with van der Waals surface area (Å²) in [7, 11) is 0. The van der Waals surface area contributed by atoms with Crippen LogP contribution in [0.3, 0.4) is 0 Å². The second-order valence-corrected chi connectivity index (χ2v) is 9.32. The van der Waals surface area contributed by atoms with Crippen LogP contribution in [0.1, 0.15) is 42.5 Å². The highest BCUT2D eigenvalue weighted by atomic mass is 16.2. The van der Waals surface area contributed by atoms with Gasteiger partial charge < -0.3 is 10.2 Å². The summed E-state index contributed by atoms with van der Waals surface area (Å²) < 4.78 is 0. The fraction of sp³-hybridized carbons (Fsp3) is 0.462.